The molecule has 2 N–H and O–H groups in total. The van der Waals surface area contributed by atoms with Crippen LogP contribution in [0.15, 0.2) is 30.3 Å². The second-order valence-electron chi connectivity index (χ2n) is 3.68. The maximum atomic E-state index is 5.96. The van der Waals surface area contributed by atoms with Crippen LogP contribution in [0.25, 0.3) is 5.57 Å². The quantitative estimate of drug-likeness (QED) is 0.810. The van der Waals surface area contributed by atoms with Gasteiger partial charge < -0.3 is 5.73 Å². The summed E-state index contributed by atoms with van der Waals surface area (Å²) in [4.78, 5) is 0. The van der Waals surface area contributed by atoms with Crippen molar-refractivity contribution in [3.8, 4) is 0 Å². The molecular weight excluding hydrogens is 194 g/mol. The largest absolute Gasteiger partial charge is 0.327 e. The molecule has 1 saturated carbocycles. The lowest BCUT2D eigenvalue weighted by atomic mass is 10.0. The molecule has 0 aliphatic heterocycles. The van der Waals surface area contributed by atoms with Gasteiger partial charge in [-0.2, -0.15) is 0 Å². The van der Waals surface area contributed by atoms with E-state index >= 15 is 0 Å². The summed E-state index contributed by atoms with van der Waals surface area (Å²) >= 11 is 5.96. The van der Waals surface area contributed by atoms with Crippen LogP contribution in [0.4, 0.5) is 0 Å². The van der Waals surface area contributed by atoms with Gasteiger partial charge in [0.25, 0.3) is 0 Å². The molecule has 2 heteroatoms. The van der Waals surface area contributed by atoms with Crippen LogP contribution in [-0.4, -0.2) is 6.54 Å². The number of rotatable bonds is 3. The number of benzene rings is 1. The summed E-state index contributed by atoms with van der Waals surface area (Å²) in [5.41, 5.74) is 8.16. The van der Waals surface area contributed by atoms with Crippen molar-refractivity contribution in [1.29, 1.82) is 0 Å². The molecule has 0 bridgehead atoms. The van der Waals surface area contributed by atoms with Crippen molar-refractivity contribution < 1.29 is 0 Å². The molecule has 1 aliphatic carbocycles. The Bertz CT molecular complexity index is 353. The number of nitrogens with two attached hydrogens (primary N) is 1. The predicted molar refractivity (Wildman–Crippen MR) is 61.2 cm³/mol. The first-order valence-electron chi connectivity index (χ1n) is 4.97. The normalized spacial score (nSPS) is 17.1. The van der Waals surface area contributed by atoms with E-state index in [-0.39, 0.29) is 0 Å². The van der Waals surface area contributed by atoms with Crippen LogP contribution in [0.3, 0.4) is 0 Å². The lowest BCUT2D eigenvalue weighted by Crippen LogP contribution is -1.97. The van der Waals surface area contributed by atoms with Gasteiger partial charge in [-0.15, -0.1) is 0 Å². The van der Waals surface area contributed by atoms with Gasteiger partial charge in [0.15, 0.2) is 0 Å². The molecule has 1 fully saturated rings. The van der Waals surface area contributed by atoms with Gasteiger partial charge >= 0.3 is 0 Å². The molecule has 0 unspecified atom stereocenters. The van der Waals surface area contributed by atoms with Crippen LogP contribution in [0, 0.1) is 5.92 Å². The molecule has 0 aromatic heterocycles. The predicted octanol–water partition coefficient (Wildman–Crippen LogP) is 3.09. The molecule has 0 spiro atoms. The first-order chi connectivity index (χ1) is 6.81. The highest BCUT2D eigenvalue weighted by Crippen LogP contribution is 2.42. The van der Waals surface area contributed by atoms with Crippen LogP contribution < -0.4 is 5.73 Å². The fourth-order valence-corrected chi connectivity index (χ4v) is 1.90. The average Bonchev–Trinajstić information content (AvgIpc) is 2.97. The smallest absolute Gasteiger partial charge is 0.0412 e. The van der Waals surface area contributed by atoms with Crippen molar-refractivity contribution in [2.45, 2.75) is 12.8 Å². The Morgan fingerprint density at radius 1 is 1.50 bits per heavy atom. The maximum absolute atomic E-state index is 5.96. The van der Waals surface area contributed by atoms with Crippen molar-refractivity contribution in [2.75, 3.05) is 6.54 Å². The van der Waals surface area contributed by atoms with Gasteiger partial charge in [-0.25, -0.2) is 0 Å². The first kappa shape index (κ1) is 9.75. The fraction of sp³-hybridized carbons (Fsp3) is 0.333. The zero-order valence-corrected chi connectivity index (χ0v) is 8.80. The fourth-order valence-electron chi connectivity index (χ4n) is 1.71. The van der Waals surface area contributed by atoms with Crippen LogP contribution >= 0.6 is 11.6 Å². The lowest BCUT2D eigenvalue weighted by Gasteiger charge is -2.06. The first-order valence-corrected chi connectivity index (χ1v) is 5.35. The van der Waals surface area contributed by atoms with Gasteiger partial charge in [0.2, 0.25) is 0 Å². The van der Waals surface area contributed by atoms with Crippen LogP contribution in [0.2, 0.25) is 5.02 Å². The number of hydrogen-bond donors (Lipinski definition) is 1. The van der Waals surface area contributed by atoms with Crippen molar-refractivity contribution in [3.63, 3.8) is 0 Å². The maximum Gasteiger partial charge on any atom is 0.0412 e. The lowest BCUT2D eigenvalue weighted by molar-refractivity contribution is 1.12. The third-order valence-electron chi connectivity index (χ3n) is 2.51. The zero-order valence-electron chi connectivity index (χ0n) is 8.04. The minimum Gasteiger partial charge on any atom is -0.327 e. The third kappa shape index (κ3) is 2.17. The minimum absolute atomic E-state index is 0.609. The van der Waals surface area contributed by atoms with Gasteiger partial charge in [-0.05, 0) is 42.0 Å². The summed E-state index contributed by atoms with van der Waals surface area (Å²) in [5, 5.41) is 0.797. The van der Waals surface area contributed by atoms with E-state index in [9.17, 15) is 0 Å². The SMILES string of the molecule is NC/C=C(\c1cccc(Cl)c1)C1CC1. The van der Waals surface area contributed by atoms with E-state index in [1.807, 2.05) is 18.2 Å². The van der Waals surface area contributed by atoms with Gasteiger partial charge in [0.05, 0.1) is 0 Å². The monoisotopic (exact) mass is 207 g/mol. The van der Waals surface area contributed by atoms with E-state index in [0.29, 0.717) is 6.54 Å². The van der Waals surface area contributed by atoms with Gasteiger partial charge in [-0.3, -0.25) is 0 Å². The molecule has 14 heavy (non-hydrogen) atoms. The van der Waals surface area contributed by atoms with E-state index in [0.717, 1.165) is 10.9 Å². The Labute approximate surface area is 89.6 Å². The number of hydrogen-bond acceptors (Lipinski definition) is 1. The molecule has 2 rings (SSSR count). The van der Waals surface area contributed by atoms with E-state index in [1.54, 1.807) is 0 Å². The summed E-state index contributed by atoms with van der Waals surface area (Å²) in [6.07, 6.45) is 4.69. The summed E-state index contributed by atoms with van der Waals surface area (Å²) in [6, 6.07) is 8.01. The Morgan fingerprint density at radius 2 is 2.29 bits per heavy atom. The van der Waals surface area contributed by atoms with Crippen molar-refractivity contribution in [3.05, 3.63) is 40.9 Å². The summed E-state index contributed by atoms with van der Waals surface area (Å²) in [7, 11) is 0. The molecule has 1 aromatic carbocycles. The molecule has 74 valence electrons. The molecule has 0 atom stereocenters. The molecule has 0 saturated heterocycles. The molecule has 1 aliphatic rings. The molecule has 0 radical (unpaired) electrons. The van der Waals surface area contributed by atoms with Crippen molar-refractivity contribution in [1.82, 2.24) is 0 Å². The van der Waals surface area contributed by atoms with Crippen molar-refractivity contribution in [2.24, 2.45) is 11.7 Å². The number of allylic oxidation sites excluding steroid dienone is 1. The summed E-state index contributed by atoms with van der Waals surface area (Å²) in [6.45, 7) is 0.609. The Morgan fingerprint density at radius 3 is 2.86 bits per heavy atom. The van der Waals surface area contributed by atoms with E-state index in [2.05, 4.69) is 12.1 Å². The Balaban J connectivity index is 2.30. The van der Waals surface area contributed by atoms with Crippen LogP contribution in [0.5, 0.6) is 0 Å². The Kier molecular flexibility index (Phi) is 2.90. The second-order valence-corrected chi connectivity index (χ2v) is 4.12. The summed E-state index contributed by atoms with van der Waals surface area (Å²) < 4.78 is 0. The molecule has 0 amide bonds. The summed E-state index contributed by atoms with van der Waals surface area (Å²) in [5.74, 6) is 0.719. The van der Waals surface area contributed by atoms with Gasteiger partial charge in [-0.1, -0.05) is 29.8 Å². The Hall–Kier alpha value is -0.790. The van der Waals surface area contributed by atoms with Crippen molar-refractivity contribution >= 4 is 17.2 Å². The highest BCUT2D eigenvalue weighted by Gasteiger charge is 2.26. The number of halogens is 1. The second kappa shape index (κ2) is 4.16. The molecule has 1 nitrogen and oxygen atoms in total. The van der Waals surface area contributed by atoms with E-state index in [4.69, 9.17) is 17.3 Å². The van der Waals surface area contributed by atoms with E-state index < -0.39 is 0 Å². The highest BCUT2D eigenvalue weighted by atomic mass is 35.5. The molecular formula is C12H14ClN. The average molecular weight is 208 g/mol. The molecule has 0 heterocycles. The van der Waals surface area contributed by atoms with E-state index in [1.165, 1.54) is 24.0 Å². The van der Waals surface area contributed by atoms with Gasteiger partial charge in [0.1, 0.15) is 0 Å². The topological polar surface area (TPSA) is 26.0 Å². The highest BCUT2D eigenvalue weighted by molar-refractivity contribution is 6.30. The van der Waals surface area contributed by atoms with Gasteiger partial charge in [0, 0.05) is 11.6 Å². The van der Waals surface area contributed by atoms with Crippen LogP contribution in [0.1, 0.15) is 18.4 Å². The zero-order chi connectivity index (χ0) is 9.97. The standard InChI is InChI=1S/C12H14ClN/c13-11-3-1-2-10(8-11)12(6-7-14)9-4-5-9/h1-3,6,8-9H,4-5,7,14H2/b12-6-. The molecule has 1 aromatic rings. The third-order valence-corrected chi connectivity index (χ3v) is 2.75. The minimum atomic E-state index is 0.609. The van der Waals surface area contributed by atoms with Crippen LogP contribution in [-0.2, 0) is 0 Å².